The number of carbonyl (C=O) groups is 2. The van der Waals surface area contributed by atoms with E-state index in [4.69, 9.17) is 5.11 Å². The van der Waals surface area contributed by atoms with E-state index in [9.17, 15) is 9.59 Å². The number of likely N-dealkylation sites (tertiary alicyclic amines) is 1. The van der Waals surface area contributed by atoms with Crippen molar-refractivity contribution in [1.82, 2.24) is 4.90 Å². The predicted octanol–water partition coefficient (Wildman–Crippen LogP) is 2.72. The molecule has 2 unspecified atom stereocenters. The Labute approximate surface area is 119 Å². The molecule has 1 heterocycles. The maximum Gasteiger partial charge on any atom is 0.335 e. The van der Waals surface area contributed by atoms with Crippen molar-refractivity contribution in [3.05, 3.63) is 35.4 Å². The first-order chi connectivity index (χ1) is 9.49. The highest BCUT2D eigenvalue weighted by Gasteiger charge is 2.30. The molecular weight excluding hydrogens is 254 g/mol. The number of aryl methyl sites for hydroxylation is 1. The van der Waals surface area contributed by atoms with E-state index in [1.165, 1.54) is 0 Å². The summed E-state index contributed by atoms with van der Waals surface area (Å²) in [4.78, 5) is 25.0. The summed E-state index contributed by atoms with van der Waals surface area (Å²) in [5, 5.41) is 8.83. The number of hydrogen-bond donors (Lipinski definition) is 1. The summed E-state index contributed by atoms with van der Waals surface area (Å²) in [6.45, 7) is 4.20. The zero-order chi connectivity index (χ0) is 14.7. The van der Waals surface area contributed by atoms with Crippen molar-refractivity contribution >= 4 is 11.9 Å². The second-order valence-electron chi connectivity index (χ2n) is 5.58. The molecule has 1 amide bonds. The molecule has 1 aromatic rings. The molecule has 1 aliphatic heterocycles. The van der Waals surface area contributed by atoms with Gasteiger partial charge in [-0.25, -0.2) is 4.79 Å². The van der Waals surface area contributed by atoms with Crippen LogP contribution in [0.4, 0.5) is 0 Å². The highest BCUT2D eigenvalue weighted by Crippen LogP contribution is 2.24. The Bertz CT molecular complexity index is 485. The van der Waals surface area contributed by atoms with Crippen LogP contribution in [0.5, 0.6) is 0 Å². The van der Waals surface area contributed by atoms with Gasteiger partial charge in [0.25, 0.3) is 0 Å². The maximum absolute atomic E-state index is 12.2. The number of benzene rings is 1. The molecule has 0 aliphatic carbocycles. The van der Waals surface area contributed by atoms with Gasteiger partial charge in [-0.15, -0.1) is 0 Å². The standard InChI is InChI=1S/C16H21NO3/c1-11-3-4-12(2)17(11)15(18)10-7-13-5-8-14(9-6-13)16(19)20/h5-6,8-9,11-12H,3-4,7,10H2,1-2H3,(H,19,20). The largest absolute Gasteiger partial charge is 0.478 e. The molecule has 1 aromatic carbocycles. The lowest BCUT2D eigenvalue weighted by Gasteiger charge is -2.26. The molecule has 4 heteroatoms. The van der Waals surface area contributed by atoms with Crippen molar-refractivity contribution in [2.24, 2.45) is 0 Å². The number of rotatable bonds is 4. The van der Waals surface area contributed by atoms with Gasteiger partial charge < -0.3 is 10.0 Å². The van der Waals surface area contributed by atoms with E-state index in [2.05, 4.69) is 13.8 Å². The van der Waals surface area contributed by atoms with Gasteiger partial charge in [0, 0.05) is 18.5 Å². The second kappa shape index (κ2) is 6.07. The molecule has 108 valence electrons. The summed E-state index contributed by atoms with van der Waals surface area (Å²) < 4.78 is 0. The molecule has 0 radical (unpaired) electrons. The van der Waals surface area contributed by atoms with Crippen LogP contribution in [0, 0.1) is 0 Å². The van der Waals surface area contributed by atoms with Crippen LogP contribution in [-0.4, -0.2) is 34.0 Å². The fourth-order valence-electron chi connectivity index (χ4n) is 2.88. The zero-order valence-corrected chi connectivity index (χ0v) is 12.0. The van der Waals surface area contributed by atoms with Gasteiger partial charge in [0.1, 0.15) is 0 Å². The third kappa shape index (κ3) is 3.18. The fraction of sp³-hybridized carbons (Fsp3) is 0.500. The van der Waals surface area contributed by atoms with E-state index in [1.54, 1.807) is 24.3 Å². The Kier molecular flexibility index (Phi) is 4.42. The molecule has 0 spiro atoms. The normalized spacial score (nSPS) is 22.0. The first-order valence-corrected chi connectivity index (χ1v) is 7.12. The Hall–Kier alpha value is -1.84. The van der Waals surface area contributed by atoms with Crippen molar-refractivity contribution < 1.29 is 14.7 Å². The Morgan fingerprint density at radius 1 is 1.15 bits per heavy atom. The van der Waals surface area contributed by atoms with Gasteiger partial charge in [-0.05, 0) is 50.8 Å². The highest BCUT2D eigenvalue weighted by molar-refractivity contribution is 5.87. The lowest BCUT2D eigenvalue weighted by atomic mass is 10.1. The van der Waals surface area contributed by atoms with Gasteiger partial charge in [-0.2, -0.15) is 0 Å². The van der Waals surface area contributed by atoms with Crippen molar-refractivity contribution in [1.29, 1.82) is 0 Å². The van der Waals surface area contributed by atoms with Crippen LogP contribution in [0.2, 0.25) is 0 Å². The van der Waals surface area contributed by atoms with E-state index in [-0.39, 0.29) is 11.5 Å². The number of hydrogen-bond acceptors (Lipinski definition) is 2. The number of nitrogens with zero attached hydrogens (tertiary/aromatic N) is 1. The van der Waals surface area contributed by atoms with Gasteiger partial charge in [0.15, 0.2) is 0 Å². The average Bonchev–Trinajstić information content (AvgIpc) is 2.76. The molecule has 0 bridgehead atoms. The minimum Gasteiger partial charge on any atom is -0.478 e. The summed E-state index contributed by atoms with van der Waals surface area (Å²) in [6, 6.07) is 7.42. The van der Waals surface area contributed by atoms with Gasteiger partial charge in [0.2, 0.25) is 5.91 Å². The molecule has 1 aliphatic rings. The van der Waals surface area contributed by atoms with Crippen molar-refractivity contribution in [2.75, 3.05) is 0 Å². The molecule has 1 saturated heterocycles. The Balaban J connectivity index is 1.91. The molecule has 2 atom stereocenters. The Morgan fingerprint density at radius 2 is 1.70 bits per heavy atom. The molecule has 4 nitrogen and oxygen atoms in total. The topological polar surface area (TPSA) is 57.6 Å². The maximum atomic E-state index is 12.2. The van der Waals surface area contributed by atoms with E-state index in [1.807, 2.05) is 4.90 Å². The van der Waals surface area contributed by atoms with Gasteiger partial charge in [0.05, 0.1) is 5.56 Å². The average molecular weight is 275 g/mol. The van der Waals surface area contributed by atoms with Gasteiger partial charge in [-0.1, -0.05) is 12.1 Å². The summed E-state index contributed by atoms with van der Waals surface area (Å²) in [6.07, 6.45) is 3.32. The molecule has 1 fully saturated rings. The smallest absolute Gasteiger partial charge is 0.335 e. The van der Waals surface area contributed by atoms with Crippen LogP contribution in [0.1, 0.15) is 49.0 Å². The minimum atomic E-state index is -0.924. The summed E-state index contributed by atoms with van der Waals surface area (Å²) in [5.74, 6) is -0.725. The van der Waals surface area contributed by atoms with Crippen LogP contribution in [0.15, 0.2) is 24.3 Å². The van der Waals surface area contributed by atoms with Crippen LogP contribution in [0.3, 0.4) is 0 Å². The molecule has 0 aromatic heterocycles. The monoisotopic (exact) mass is 275 g/mol. The minimum absolute atomic E-state index is 0.199. The van der Waals surface area contributed by atoms with E-state index >= 15 is 0 Å². The second-order valence-corrected chi connectivity index (χ2v) is 5.58. The summed E-state index contributed by atoms with van der Waals surface area (Å²) >= 11 is 0. The highest BCUT2D eigenvalue weighted by atomic mass is 16.4. The third-order valence-electron chi connectivity index (χ3n) is 4.07. The number of carbonyl (C=O) groups excluding carboxylic acids is 1. The van der Waals surface area contributed by atoms with Crippen LogP contribution >= 0.6 is 0 Å². The quantitative estimate of drug-likeness (QED) is 0.919. The predicted molar refractivity (Wildman–Crippen MR) is 76.7 cm³/mol. The number of aromatic carboxylic acids is 1. The lowest BCUT2D eigenvalue weighted by Crippen LogP contribution is -2.38. The van der Waals surface area contributed by atoms with E-state index in [0.29, 0.717) is 24.9 Å². The van der Waals surface area contributed by atoms with Crippen molar-refractivity contribution in [3.63, 3.8) is 0 Å². The van der Waals surface area contributed by atoms with Crippen molar-refractivity contribution in [2.45, 2.75) is 51.6 Å². The SMILES string of the molecule is CC1CCC(C)N1C(=O)CCc1ccc(C(=O)O)cc1. The number of carboxylic acid groups (broad SMARTS) is 1. The van der Waals surface area contributed by atoms with Crippen LogP contribution < -0.4 is 0 Å². The number of amides is 1. The first-order valence-electron chi connectivity index (χ1n) is 7.12. The molecular formula is C16H21NO3. The van der Waals surface area contributed by atoms with Gasteiger partial charge in [-0.3, -0.25) is 4.79 Å². The Morgan fingerprint density at radius 3 is 2.20 bits per heavy atom. The molecule has 0 saturated carbocycles. The lowest BCUT2D eigenvalue weighted by molar-refractivity contribution is -0.133. The third-order valence-corrected chi connectivity index (χ3v) is 4.07. The number of carboxylic acids is 1. The van der Waals surface area contributed by atoms with E-state index in [0.717, 1.165) is 18.4 Å². The van der Waals surface area contributed by atoms with Crippen LogP contribution in [-0.2, 0) is 11.2 Å². The summed E-state index contributed by atoms with van der Waals surface area (Å²) in [5.41, 5.74) is 1.28. The molecule has 2 rings (SSSR count). The van der Waals surface area contributed by atoms with E-state index < -0.39 is 5.97 Å². The summed E-state index contributed by atoms with van der Waals surface area (Å²) in [7, 11) is 0. The van der Waals surface area contributed by atoms with Gasteiger partial charge >= 0.3 is 5.97 Å². The van der Waals surface area contributed by atoms with Crippen LogP contribution in [0.25, 0.3) is 0 Å². The first kappa shape index (κ1) is 14.6. The molecule has 20 heavy (non-hydrogen) atoms. The fourth-order valence-corrected chi connectivity index (χ4v) is 2.88. The molecule has 1 N–H and O–H groups in total. The zero-order valence-electron chi connectivity index (χ0n) is 12.0. The van der Waals surface area contributed by atoms with Crippen molar-refractivity contribution in [3.8, 4) is 0 Å².